The lowest BCUT2D eigenvalue weighted by atomic mass is 9.90. The Hall–Kier alpha value is -3.73. The minimum atomic E-state index is -0.546. The minimum Gasteiger partial charge on any atom is -0.467 e. The maximum atomic E-state index is 15.2. The average molecular weight is 554 g/mol. The monoisotopic (exact) mass is 553 g/mol. The SMILES string of the molecule is COCOc1cc(-c2cnc(C)o2)c(F)cc1-c1ccc(N2CC[C@@H](N(C(=O)OC(C)(C)C)C3CCC3)C2)nn1. The van der Waals surface area contributed by atoms with Crippen LogP contribution in [0.4, 0.5) is 15.0 Å². The maximum absolute atomic E-state index is 15.2. The number of amides is 1. The van der Waals surface area contributed by atoms with E-state index in [1.54, 1.807) is 19.1 Å². The summed E-state index contributed by atoms with van der Waals surface area (Å²) in [4.78, 5) is 21.2. The molecule has 1 aliphatic carbocycles. The Morgan fingerprint density at radius 2 is 1.95 bits per heavy atom. The number of carbonyl (C=O) groups is 1. The second-order valence-electron chi connectivity index (χ2n) is 11.3. The fourth-order valence-electron chi connectivity index (χ4n) is 5.06. The molecule has 0 N–H and O–H groups in total. The lowest BCUT2D eigenvalue weighted by Gasteiger charge is -2.41. The summed E-state index contributed by atoms with van der Waals surface area (Å²) in [5, 5.41) is 8.86. The van der Waals surface area contributed by atoms with E-state index in [1.807, 2.05) is 31.7 Å². The molecule has 40 heavy (non-hydrogen) atoms. The lowest BCUT2D eigenvalue weighted by molar-refractivity contribution is -0.00351. The Balaban J connectivity index is 1.35. The summed E-state index contributed by atoms with van der Waals surface area (Å²) < 4.78 is 37.3. The molecule has 2 aliphatic rings. The van der Waals surface area contributed by atoms with Gasteiger partial charge in [-0.2, -0.15) is 0 Å². The van der Waals surface area contributed by atoms with Crippen LogP contribution in [-0.2, 0) is 9.47 Å². The number of aromatic nitrogens is 3. The van der Waals surface area contributed by atoms with Gasteiger partial charge in [0, 0.05) is 38.7 Å². The number of ether oxygens (including phenoxy) is 3. The van der Waals surface area contributed by atoms with Crippen LogP contribution in [0.15, 0.2) is 34.9 Å². The van der Waals surface area contributed by atoms with Crippen molar-refractivity contribution in [3.8, 4) is 28.3 Å². The molecule has 1 saturated heterocycles. The second-order valence-corrected chi connectivity index (χ2v) is 11.3. The number of carbonyl (C=O) groups excluding carboxylic acids is 1. The number of rotatable bonds is 8. The molecule has 1 saturated carbocycles. The first-order valence-corrected chi connectivity index (χ1v) is 13.6. The van der Waals surface area contributed by atoms with Gasteiger partial charge in [0.05, 0.1) is 23.5 Å². The highest BCUT2D eigenvalue weighted by Gasteiger charge is 2.40. The van der Waals surface area contributed by atoms with E-state index in [2.05, 4.69) is 20.1 Å². The van der Waals surface area contributed by atoms with Gasteiger partial charge in [0.15, 0.2) is 24.3 Å². The summed E-state index contributed by atoms with van der Waals surface area (Å²) in [6.07, 6.45) is 5.18. The van der Waals surface area contributed by atoms with Gasteiger partial charge in [-0.05, 0) is 70.7 Å². The largest absolute Gasteiger partial charge is 0.467 e. The molecule has 1 amide bonds. The van der Waals surface area contributed by atoms with Crippen molar-refractivity contribution < 1.29 is 27.8 Å². The molecule has 3 aromatic rings. The van der Waals surface area contributed by atoms with E-state index in [0.717, 1.165) is 32.2 Å². The number of benzene rings is 1. The van der Waals surface area contributed by atoms with Gasteiger partial charge in [-0.1, -0.05) is 0 Å². The molecule has 0 unspecified atom stereocenters. The van der Waals surface area contributed by atoms with E-state index in [1.165, 1.54) is 19.4 Å². The second kappa shape index (κ2) is 11.4. The van der Waals surface area contributed by atoms with Crippen molar-refractivity contribution in [2.45, 2.75) is 71.1 Å². The average Bonchev–Trinajstić information content (AvgIpc) is 3.53. The van der Waals surface area contributed by atoms with Crippen molar-refractivity contribution in [1.82, 2.24) is 20.1 Å². The number of methoxy groups -OCH3 is 1. The zero-order chi connectivity index (χ0) is 28.4. The van der Waals surface area contributed by atoms with Crippen LogP contribution >= 0.6 is 0 Å². The van der Waals surface area contributed by atoms with Crippen molar-refractivity contribution in [2.24, 2.45) is 0 Å². The van der Waals surface area contributed by atoms with E-state index in [0.29, 0.717) is 41.0 Å². The van der Waals surface area contributed by atoms with Crippen molar-refractivity contribution in [1.29, 1.82) is 0 Å². The molecule has 10 nitrogen and oxygen atoms in total. The van der Waals surface area contributed by atoms with Gasteiger partial charge in [-0.3, -0.25) is 0 Å². The van der Waals surface area contributed by atoms with Gasteiger partial charge in [0.2, 0.25) is 0 Å². The Morgan fingerprint density at radius 1 is 1.15 bits per heavy atom. The first kappa shape index (κ1) is 27.8. The number of hydrogen-bond donors (Lipinski definition) is 0. The van der Waals surface area contributed by atoms with E-state index < -0.39 is 11.4 Å². The van der Waals surface area contributed by atoms with Crippen LogP contribution in [0.2, 0.25) is 0 Å². The van der Waals surface area contributed by atoms with E-state index in [-0.39, 0.29) is 30.5 Å². The normalized spacial score (nSPS) is 17.6. The van der Waals surface area contributed by atoms with Crippen molar-refractivity contribution in [3.63, 3.8) is 0 Å². The van der Waals surface area contributed by atoms with E-state index in [9.17, 15) is 4.79 Å². The van der Waals surface area contributed by atoms with Crippen LogP contribution < -0.4 is 9.64 Å². The number of hydrogen-bond acceptors (Lipinski definition) is 9. The van der Waals surface area contributed by atoms with E-state index >= 15 is 4.39 Å². The summed E-state index contributed by atoms with van der Waals surface area (Å²) >= 11 is 0. The third-order valence-electron chi connectivity index (χ3n) is 7.17. The predicted octanol–water partition coefficient (Wildman–Crippen LogP) is 5.60. The topological polar surface area (TPSA) is 103 Å². The van der Waals surface area contributed by atoms with Crippen LogP contribution in [0.3, 0.4) is 0 Å². The lowest BCUT2D eigenvalue weighted by Crippen LogP contribution is -2.52. The predicted molar refractivity (Wildman–Crippen MR) is 146 cm³/mol. The van der Waals surface area contributed by atoms with Crippen LogP contribution in [0.25, 0.3) is 22.6 Å². The van der Waals surface area contributed by atoms with Crippen molar-refractivity contribution in [3.05, 3.63) is 42.2 Å². The Morgan fingerprint density at radius 3 is 2.55 bits per heavy atom. The number of nitrogens with zero attached hydrogens (tertiary/aromatic N) is 5. The zero-order valence-corrected chi connectivity index (χ0v) is 23.6. The standard InChI is InChI=1S/C29H36FN5O5/c1-18-31-15-26(39-18)21-14-25(38-17-37-5)22(13-23(21)30)24-9-10-27(33-32-24)34-12-11-20(16-34)35(19-7-6-8-19)28(36)40-29(2,3)4/h9-10,13-15,19-20H,6-8,11-12,16-17H2,1-5H3/t20-/m1/s1. The molecule has 0 bridgehead atoms. The van der Waals surface area contributed by atoms with Gasteiger partial charge in [0.25, 0.3) is 0 Å². The van der Waals surface area contributed by atoms with E-state index in [4.69, 9.17) is 18.6 Å². The van der Waals surface area contributed by atoms with Gasteiger partial charge < -0.3 is 28.4 Å². The smallest absolute Gasteiger partial charge is 0.410 e. The summed E-state index contributed by atoms with van der Waals surface area (Å²) in [5.41, 5.74) is 0.573. The Kier molecular flexibility index (Phi) is 7.93. The highest BCUT2D eigenvalue weighted by atomic mass is 19.1. The van der Waals surface area contributed by atoms with Crippen molar-refractivity contribution >= 4 is 11.9 Å². The molecule has 5 rings (SSSR count). The third kappa shape index (κ3) is 6.04. The van der Waals surface area contributed by atoms with Crippen LogP contribution in [0.5, 0.6) is 5.75 Å². The zero-order valence-electron chi connectivity index (χ0n) is 23.6. The van der Waals surface area contributed by atoms with Crippen LogP contribution in [0.1, 0.15) is 52.3 Å². The van der Waals surface area contributed by atoms with Crippen molar-refractivity contribution in [2.75, 3.05) is 31.9 Å². The third-order valence-corrected chi connectivity index (χ3v) is 7.17. The summed E-state index contributed by atoms with van der Waals surface area (Å²) in [6.45, 7) is 8.73. The first-order valence-electron chi connectivity index (χ1n) is 13.6. The number of oxazole rings is 1. The van der Waals surface area contributed by atoms with Gasteiger partial charge in [-0.25, -0.2) is 14.2 Å². The molecule has 1 atom stereocenters. The molecular weight excluding hydrogens is 517 g/mol. The number of halogens is 1. The summed E-state index contributed by atoms with van der Waals surface area (Å²) in [7, 11) is 1.51. The van der Waals surface area contributed by atoms with Gasteiger partial charge >= 0.3 is 6.09 Å². The van der Waals surface area contributed by atoms with Gasteiger partial charge in [-0.15, -0.1) is 10.2 Å². The summed E-state index contributed by atoms with van der Waals surface area (Å²) in [6, 6.07) is 6.81. The van der Waals surface area contributed by atoms with Crippen LogP contribution in [0, 0.1) is 12.7 Å². The molecule has 214 valence electrons. The molecule has 1 aliphatic heterocycles. The fraction of sp³-hybridized carbons (Fsp3) is 0.517. The van der Waals surface area contributed by atoms with Crippen LogP contribution in [-0.4, -0.2) is 70.9 Å². The molecule has 11 heteroatoms. The maximum Gasteiger partial charge on any atom is 0.410 e. The molecule has 0 spiro atoms. The molecule has 3 heterocycles. The Labute approximate surface area is 233 Å². The minimum absolute atomic E-state index is 0.0245. The molecular formula is C29H36FN5O5. The molecule has 2 aromatic heterocycles. The molecule has 0 radical (unpaired) electrons. The first-order chi connectivity index (χ1) is 19.1. The fourth-order valence-corrected chi connectivity index (χ4v) is 5.06. The van der Waals surface area contributed by atoms with Gasteiger partial charge in [0.1, 0.15) is 17.2 Å². The summed E-state index contributed by atoms with van der Waals surface area (Å²) in [5.74, 6) is 1.31. The highest BCUT2D eigenvalue weighted by Crippen LogP contribution is 2.37. The molecule has 2 fully saturated rings. The number of anilines is 1. The molecule has 1 aromatic carbocycles. The Bertz CT molecular complexity index is 1340. The quantitative estimate of drug-likeness (QED) is 0.330. The number of aryl methyl sites for hydroxylation is 1. The highest BCUT2D eigenvalue weighted by molar-refractivity contribution is 5.73.